The number of rotatable bonds is 4. The van der Waals surface area contributed by atoms with E-state index in [1.807, 2.05) is 6.92 Å². The van der Waals surface area contributed by atoms with Crippen molar-refractivity contribution in [2.24, 2.45) is 0 Å². The summed E-state index contributed by atoms with van der Waals surface area (Å²) in [4.78, 5) is 2.48. The molecular formula is C15H16F3NOS. The van der Waals surface area contributed by atoms with Gasteiger partial charge in [-0.2, -0.15) is 0 Å². The second kappa shape index (κ2) is 5.97. The molecule has 2 rings (SSSR count). The summed E-state index contributed by atoms with van der Waals surface area (Å²) in [5.74, 6) is -0.219. The van der Waals surface area contributed by atoms with Gasteiger partial charge in [-0.1, -0.05) is 0 Å². The van der Waals surface area contributed by atoms with E-state index in [4.69, 9.17) is 0 Å². The first-order chi connectivity index (χ1) is 9.74. The van der Waals surface area contributed by atoms with Crippen LogP contribution in [0.2, 0.25) is 0 Å². The van der Waals surface area contributed by atoms with Crippen molar-refractivity contribution in [3.8, 4) is 5.75 Å². The summed E-state index contributed by atoms with van der Waals surface area (Å²) < 4.78 is 40.1. The largest absolute Gasteiger partial charge is 0.573 e. The molecule has 2 nitrogen and oxygen atoms in total. The Morgan fingerprint density at radius 3 is 2.24 bits per heavy atom. The standard InChI is InChI=1S/C15H16F3NOS/c1-9-8-14(11(3)21-9)10(2)19-12-4-6-13(7-5-12)20-15(16,17)18/h4-8,10,19H,1-3H3. The maximum atomic E-state index is 12.1. The smallest absolute Gasteiger partial charge is 0.406 e. The van der Waals surface area contributed by atoms with Crippen LogP contribution in [0.3, 0.4) is 0 Å². The van der Waals surface area contributed by atoms with Crippen molar-refractivity contribution in [1.29, 1.82) is 0 Å². The molecule has 0 aliphatic rings. The Balaban J connectivity index is 2.05. The number of nitrogens with one attached hydrogen (secondary N) is 1. The molecule has 0 amide bonds. The van der Waals surface area contributed by atoms with E-state index in [1.54, 1.807) is 23.5 Å². The molecule has 1 unspecified atom stereocenters. The summed E-state index contributed by atoms with van der Waals surface area (Å²) in [7, 11) is 0. The molecule has 6 heteroatoms. The van der Waals surface area contributed by atoms with Gasteiger partial charge in [-0.05, 0) is 56.7 Å². The number of aryl methyl sites for hydroxylation is 2. The van der Waals surface area contributed by atoms with Gasteiger partial charge in [0.2, 0.25) is 0 Å². The minimum atomic E-state index is -4.66. The van der Waals surface area contributed by atoms with E-state index in [1.165, 1.54) is 27.5 Å². The van der Waals surface area contributed by atoms with Crippen LogP contribution < -0.4 is 10.1 Å². The van der Waals surface area contributed by atoms with Crippen LogP contribution in [-0.2, 0) is 0 Å². The molecule has 0 saturated heterocycles. The fraction of sp³-hybridized carbons (Fsp3) is 0.333. The molecule has 1 atom stereocenters. The van der Waals surface area contributed by atoms with Crippen LogP contribution >= 0.6 is 11.3 Å². The highest BCUT2D eigenvalue weighted by molar-refractivity contribution is 7.12. The van der Waals surface area contributed by atoms with Crippen molar-refractivity contribution in [1.82, 2.24) is 0 Å². The molecule has 1 aromatic carbocycles. The number of halogens is 3. The molecule has 0 spiro atoms. The average Bonchev–Trinajstić information content (AvgIpc) is 2.69. The van der Waals surface area contributed by atoms with Gasteiger partial charge in [-0.15, -0.1) is 24.5 Å². The lowest BCUT2D eigenvalue weighted by molar-refractivity contribution is -0.274. The average molecular weight is 315 g/mol. The topological polar surface area (TPSA) is 21.3 Å². The van der Waals surface area contributed by atoms with Crippen LogP contribution in [0, 0.1) is 13.8 Å². The summed E-state index contributed by atoms with van der Waals surface area (Å²) in [6.07, 6.45) is -4.66. The van der Waals surface area contributed by atoms with E-state index in [0.717, 1.165) is 5.69 Å². The lowest BCUT2D eigenvalue weighted by Crippen LogP contribution is -2.17. The zero-order valence-corrected chi connectivity index (χ0v) is 12.7. The van der Waals surface area contributed by atoms with Crippen molar-refractivity contribution in [2.45, 2.75) is 33.2 Å². The molecule has 21 heavy (non-hydrogen) atoms. The Hall–Kier alpha value is -1.69. The zero-order valence-electron chi connectivity index (χ0n) is 11.9. The van der Waals surface area contributed by atoms with E-state index < -0.39 is 6.36 Å². The van der Waals surface area contributed by atoms with Gasteiger partial charge in [0.25, 0.3) is 0 Å². The maximum absolute atomic E-state index is 12.1. The maximum Gasteiger partial charge on any atom is 0.573 e. The SMILES string of the molecule is Cc1cc(C(C)Nc2ccc(OC(F)(F)F)cc2)c(C)s1. The van der Waals surface area contributed by atoms with Gasteiger partial charge in [0.05, 0.1) is 0 Å². The zero-order chi connectivity index (χ0) is 15.6. The van der Waals surface area contributed by atoms with E-state index in [2.05, 4.69) is 30.0 Å². The first-order valence-corrected chi connectivity index (χ1v) is 7.25. The summed E-state index contributed by atoms with van der Waals surface area (Å²) in [5.41, 5.74) is 1.95. The Morgan fingerprint density at radius 2 is 1.76 bits per heavy atom. The highest BCUT2D eigenvalue weighted by Gasteiger charge is 2.30. The molecule has 1 heterocycles. The molecule has 1 aromatic heterocycles. The Bertz CT molecular complexity index is 604. The number of ether oxygens (including phenoxy) is 1. The lowest BCUT2D eigenvalue weighted by atomic mass is 10.1. The minimum Gasteiger partial charge on any atom is -0.406 e. The number of alkyl halides is 3. The van der Waals surface area contributed by atoms with E-state index in [9.17, 15) is 13.2 Å². The van der Waals surface area contributed by atoms with Gasteiger partial charge >= 0.3 is 6.36 Å². The molecule has 114 valence electrons. The summed E-state index contributed by atoms with van der Waals surface area (Å²) in [6.45, 7) is 6.14. The number of benzene rings is 1. The van der Waals surface area contributed by atoms with Crippen molar-refractivity contribution in [3.63, 3.8) is 0 Å². The van der Waals surface area contributed by atoms with E-state index in [-0.39, 0.29) is 11.8 Å². The minimum absolute atomic E-state index is 0.0873. The lowest BCUT2D eigenvalue weighted by Gasteiger charge is -2.16. The second-order valence-electron chi connectivity index (χ2n) is 4.81. The highest BCUT2D eigenvalue weighted by atomic mass is 32.1. The molecule has 0 saturated carbocycles. The summed E-state index contributed by atoms with van der Waals surface area (Å²) >= 11 is 1.73. The van der Waals surface area contributed by atoms with Crippen molar-refractivity contribution >= 4 is 17.0 Å². The van der Waals surface area contributed by atoms with Crippen molar-refractivity contribution in [2.75, 3.05) is 5.32 Å². The Kier molecular flexibility index (Phi) is 4.46. The fourth-order valence-corrected chi connectivity index (χ4v) is 3.18. The molecule has 0 aliphatic carbocycles. The van der Waals surface area contributed by atoms with Gasteiger partial charge in [-0.3, -0.25) is 0 Å². The van der Waals surface area contributed by atoms with Crippen LogP contribution in [0.5, 0.6) is 5.75 Å². The number of thiophene rings is 1. The van der Waals surface area contributed by atoms with Gasteiger partial charge < -0.3 is 10.1 Å². The van der Waals surface area contributed by atoms with Crippen LogP contribution in [0.25, 0.3) is 0 Å². The predicted molar refractivity (Wildman–Crippen MR) is 79.0 cm³/mol. The van der Waals surface area contributed by atoms with Gasteiger partial charge in [0, 0.05) is 21.5 Å². The van der Waals surface area contributed by atoms with E-state index >= 15 is 0 Å². The third-order valence-corrected chi connectivity index (χ3v) is 4.00. The van der Waals surface area contributed by atoms with Crippen LogP contribution in [0.15, 0.2) is 30.3 Å². The number of hydrogen-bond acceptors (Lipinski definition) is 3. The van der Waals surface area contributed by atoms with Gasteiger partial charge in [-0.25, -0.2) is 0 Å². The Morgan fingerprint density at radius 1 is 1.14 bits per heavy atom. The fourth-order valence-electron chi connectivity index (χ4n) is 2.16. The van der Waals surface area contributed by atoms with Crippen LogP contribution in [0.1, 0.15) is 28.3 Å². The van der Waals surface area contributed by atoms with E-state index in [0.29, 0.717) is 0 Å². The van der Waals surface area contributed by atoms with Crippen LogP contribution in [0.4, 0.5) is 18.9 Å². The normalized spacial score (nSPS) is 13.0. The number of hydrogen-bond donors (Lipinski definition) is 1. The summed E-state index contributed by atoms with van der Waals surface area (Å²) in [6, 6.07) is 7.96. The molecule has 0 radical (unpaired) electrons. The first-order valence-electron chi connectivity index (χ1n) is 6.44. The predicted octanol–water partition coefficient (Wildman–Crippen LogP) is 5.44. The van der Waals surface area contributed by atoms with Gasteiger partial charge in [0.1, 0.15) is 5.75 Å². The Labute approximate surface area is 125 Å². The van der Waals surface area contributed by atoms with Crippen molar-refractivity contribution < 1.29 is 17.9 Å². The third-order valence-electron chi connectivity index (χ3n) is 3.02. The molecule has 0 bridgehead atoms. The highest BCUT2D eigenvalue weighted by Crippen LogP contribution is 2.29. The second-order valence-corrected chi connectivity index (χ2v) is 6.27. The van der Waals surface area contributed by atoms with Gasteiger partial charge in [0.15, 0.2) is 0 Å². The first kappa shape index (κ1) is 15.7. The summed E-state index contributed by atoms with van der Waals surface area (Å²) in [5, 5.41) is 3.27. The van der Waals surface area contributed by atoms with Crippen molar-refractivity contribution in [3.05, 3.63) is 45.6 Å². The van der Waals surface area contributed by atoms with Crippen LogP contribution in [-0.4, -0.2) is 6.36 Å². The molecule has 1 N–H and O–H groups in total. The molecule has 0 aliphatic heterocycles. The molecule has 2 aromatic rings. The third kappa shape index (κ3) is 4.39. The molecule has 0 fully saturated rings. The quantitative estimate of drug-likeness (QED) is 0.811. The molecular weight excluding hydrogens is 299 g/mol. The monoisotopic (exact) mass is 315 g/mol. The number of anilines is 1.